The molecule has 1 saturated heterocycles. The number of nitrogens with one attached hydrogen (secondary N) is 1. The van der Waals surface area contributed by atoms with Gasteiger partial charge in [0.1, 0.15) is 27.2 Å². The Morgan fingerprint density at radius 3 is 2.69 bits per heavy atom. The molecule has 1 fully saturated rings. The summed E-state index contributed by atoms with van der Waals surface area (Å²) >= 11 is 1.31. The molecule has 1 aliphatic heterocycles. The molecular formula is C28H28FN5OS. The van der Waals surface area contributed by atoms with E-state index >= 15 is 0 Å². The van der Waals surface area contributed by atoms with Crippen molar-refractivity contribution in [3.63, 3.8) is 0 Å². The molecule has 0 saturated carbocycles. The van der Waals surface area contributed by atoms with Gasteiger partial charge in [-0.1, -0.05) is 42.5 Å². The molecule has 1 aliphatic rings. The van der Waals surface area contributed by atoms with Crippen molar-refractivity contribution in [1.82, 2.24) is 20.3 Å². The van der Waals surface area contributed by atoms with Gasteiger partial charge in [-0.25, -0.2) is 14.4 Å². The lowest BCUT2D eigenvalue weighted by atomic mass is 9.99. The zero-order valence-corrected chi connectivity index (χ0v) is 21.0. The maximum atomic E-state index is 13.1. The highest BCUT2D eigenvalue weighted by molar-refractivity contribution is 7.17. The van der Waals surface area contributed by atoms with Crippen LogP contribution in [0.2, 0.25) is 0 Å². The number of thiazole rings is 1. The molecule has 5 rings (SSSR count). The second-order valence-electron chi connectivity index (χ2n) is 9.13. The lowest BCUT2D eigenvalue weighted by molar-refractivity contribution is 0.0954. The van der Waals surface area contributed by atoms with E-state index in [1.807, 2.05) is 6.92 Å². The molecule has 4 aromatic rings. The van der Waals surface area contributed by atoms with E-state index in [1.165, 1.54) is 29.0 Å². The highest BCUT2D eigenvalue weighted by atomic mass is 32.1. The first-order valence-corrected chi connectivity index (χ1v) is 13.0. The van der Waals surface area contributed by atoms with E-state index in [0.717, 1.165) is 43.7 Å². The molecule has 2 aromatic carbocycles. The van der Waals surface area contributed by atoms with Gasteiger partial charge < -0.3 is 10.2 Å². The number of aryl methyl sites for hydroxylation is 2. The number of amides is 1. The van der Waals surface area contributed by atoms with Gasteiger partial charge >= 0.3 is 0 Å². The van der Waals surface area contributed by atoms with Gasteiger partial charge in [0.05, 0.1) is 18.1 Å². The van der Waals surface area contributed by atoms with Crippen molar-refractivity contribution in [2.45, 2.75) is 32.7 Å². The first-order valence-electron chi connectivity index (χ1n) is 12.2. The minimum Gasteiger partial charge on any atom is -0.355 e. The van der Waals surface area contributed by atoms with E-state index in [0.29, 0.717) is 33.7 Å². The van der Waals surface area contributed by atoms with Crippen molar-refractivity contribution in [1.29, 1.82) is 0 Å². The molecule has 1 unspecified atom stereocenters. The van der Waals surface area contributed by atoms with Crippen LogP contribution in [0, 0.1) is 18.7 Å². The molecule has 184 valence electrons. The maximum absolute atomic E-state index is 13.1. The Bertz CT molecular complexity index is 1330. The average molecular weight is 502 g/mol. The Hall–Kier alpha value is -3.65. The van der Waals surface area contributed by atoms with Crippen LogP contribution >= 0.6 is 11.3 Å². The van der Waals surface area contributed by atoms with E-state index in [9.17, 15) is 9.18 Å². The van der Waals surface area contributed by atoms with Crippen LogP contribution in [0.5, 0.6) is 0 Å². The molecule has 1 amide bonds. The summed E-state index contributed by atoms with van der Waals surface area (Å²) in [5, 5.41) is 3.56. The van der Waals surface area contributed by atoms with Gasteiger partial charge in [-0.2, -0.15) is 0 Å². The molecule has 2 aromatic heterocycles. The number of nitrogens with zero attached hydrogens (tertiary/aromatic N) is 4. The lowest BCUT2D eigenvalue weighted by Gasteiger charge is -2.17. The van der Waals surface area contributed by atoms with Crippen molar-refractivity contribution in [3.05, 3.63) is 94.5 Å². The fraction of sp³-hybridized carbons (Fsp3) is 0.286. The molecule has 6 nitrogen and oxygen atoms in total. The molecule has 0 bridgehead atoms. The molecule has 36 heavy (non-hydrogen) atoms. The van der Waals surface area contributed by atoms with Gasteiger partial charge in [0.25, 0.3) is 5.91 Å². The van der Waals surface area contributed by atoms with Gasteiger partial charge in [0.15, 0.2) is 0 Å². The van der Waals surface area contributed by atoms with Crippen LogP contribution in [0.4, 0.5) is 10.2 Å². The summed E-state index contributed by atoms with van der Waals surface area (Å²) in [7, 11) is 0. The number of anilines is 1. The van der Waals surface area contributed by atoms with E-state index in [-0.39, 0.29) is 11.7 Å². The van der Waals surface area contributed by atoms with Crippen LogP contribution in [0.15, 0.2) is 67.0 Å². The third-order valence-corrected chi connectivity index (χ3v) is 7.68. The van der Waals surface area contributed by atoms with Crippen LogP contribution in [-0.2, 0) is 13.0 Å². The Balaban J connectivity index is 1.22. The number of hydrogen-bond acceptors (Lipinski definition) is 6. The minimum absolute atomic E-state index is 0.203. The van der Waals surface area contributed by atoms with Gasteiger partial charge in [-0.3, -0.25) is 9.78 Å². The quantitative estimate of drug-likeness (QED) is 0.348. The van der Waals surface area contributed by atoms with Gasteiger partial charge in [0, 0.05) is 19.6 Å². The van der Waals surface area contributed by atoms with Crippen molar-refractivity contribution in [2.24, 2.45) is 5.92 Å². The molecule has 0 radical (unpaired) electrons. The summed E-state index contributed by atoms with van der Waals surface area (Å²) in [5.41, 5.74) is 3.54. The zero-order valence-electron chi connectivity index (χ0n) is 20.2. The Labute approximate surface area is 214 Å². The fourth-order valence-electron chi connectivity index (χ4n) is 4.48. The summed E-state index contributed by atoms with van der Waals surface area (Å²) in [4.78, 5) is 29.5. The molecular weight excluding hydrogens is 473 g/mol. The normalized spacial score (nSPS) is 15.3. The second-order valence-corrected chi connectivity index (χ2v) is 10.1. The van der Waals surface area contributed by atoms with Crippen molar-refractivity contribution in [2.75, 3.05) is 18.0 Å². The van der Waals surface area contributed by atoms with Gasteiger partial charge in [-0.15, -0.1) is 11.3 Å². The standard InChI is InChI=1S/C28H28FN5OS/c1-19-26(27(35)31-15-21-9-11-23(29)12-10-21)36-28(32-19)24-16-30-17-25(33-24)34-14-13-22(18-34)8-7-20-5-3-2-4-6-20/h2-6,9-12,16-17,22H,7-8,13-15,18H2,1H3,(H,31,35). The second kappa shape index (κ2) is 11.0. The predicted molar refractivity (Wildman–Crippen MR) is 141 cm³/mol. The highest BCUT2D eigenvalue weighted by Gasteiger charge is 2.24. The topological polar surface area (TPSA) is 71.0 Å². The van der Waals surface area contributed by atoms with Gasteiger partial charge in [-0.05, 0) is 55.4 Å². The minimum atomic E-state index is -0.298. The first-order chi connectivity index (χ1) is 17.5. The number of rotatable bonds is 8. The van der Waals surface area contributed by atoms with E-state index in [2.05, 4.69) is 50.5 Å². The van der Waals surface area contributed by atoms with Crippen molar-refractivity contribution < 1.29 is 9.18 Å². The average Bonchev–Trinajstić information content (AvgIpc) is 3.55. The van der Waals surface area contributed by atoms with E-state index in [1.54, 1.807) is 24.5 Å². The van der Waals surface area contributed by atoms with Crippen LogP contribution in [0.25, 0.3) is 10.7 Å². The zero-order chi connectivity index (χ0) is 24.9. The van der Waals surface area contributed by atoms with Crippen LogP contribution in [-0.4, -0.2) is 33.9 Å². The number of halogens is 1. The summed E-state index contributed by atoms with van der Waals surface area (Å²) in [6, 6.07) is 16.7. The Kier molecular flexibility index (Phi) is 7.32. The summed E-state index contributed by atoms with van der Waals surface area (Å²) in [6.07, 6.45) is 6.91. The molecule has 0 spiro atoms. The maximum Gasteiger partial charge on any atom is 0.263 e. The summed E-state index contributed by atoms with van der Waals surface area (Å²) in [5.74, 6) is 0.984. The van der Waals surface area contributed by atoms with E-state index < -0.39 is 0 Å². The van der Waals surface area contributed by atoms with Crippen molar-refractivity contribution >= 4 is 23.1 Å². The number of hydrogen-bond donors (Lipinski definition) is 1. The number of carbonyl (C=O) groups excluding carboxylic acids is 1. The number of carbonyl (C=O) groups is 1. The van der Waals surface area contributed by atoms with Crippen molar-refractivity contribution in [3.8, 4) is 10.7 Å². The molecule has 1 atom stereocenters. The van der Waals surface area contributed by atoms with Crippen LogP contribution in [0.3, 0.4) is 0 Å². The molecule has 0 aliphatic carbocycles. The summed E-state index contributed by atoms with van der Waals surface area (Å²) < 4.78 is 13.1. The Morgan fingerprint density at radius 1 is 1.08 bits per heavy atom. The fourth-order valence-corrected chi connectivity index (χ4v) is 5.42. The monoisotopic (exact) mass is 501 g/mol. The smallest absolute Gasteiger partial charge is 0.263 e. The number of benzene rings is 2. The Morgan fingerprint density at radius 2 is 1.89 bits per heavy atom. The van der Waals surface area contributed by atoms with Crippen LogP contribution in [0.1, 0.15) is 39.3 Å². The number of aromatic nitrogens is 3. The lowest BCUT2D eigenvalue weighted by Crippen LogP contribution is -2.22. The molecule has 1 N–H and O–H groups in total. The largest absolute Gasteiger partial charge is 0.355 e. The SMILES string of the molecule is Cc1nc(-c2cncc(N3CCC(CCc4ccccc4)C3)n2)sc1C(=O)NCc1ccc(F)cc1. The highest BCUT2D eigenvalue weighted by Crippen LogP contribution is 2.30. The predicted octanol–water partition coefficient (Wildman–Crippen LogP) is 5.44. The van der Waals surface area contributed by atoms with Gasteiger partial charge in [0.2, 0.25) is 0 Å². The first kappa shape index (κ1) is 24.1. The third-order valence-electron chi connectivity index (χ3n) is 6.50. The summed E-state index contributed by atoms with van der Waals surface area (Å²) in [6.45, 7) is 4.08. The molecule has 3 heterocycles. The molecule has 8 heteroatoms. The third kappa shape index (κ3) is 5.76. The van der Waals surface area contributed by atoms with Crippen LogP contribution < -0.4 is 10.2 Å². The van der Waals surface area contributed by atoms with E-state index in [4.69, 9.17) is 4.98 Å².